The van der Waals surface area contributed by atoms with Gasteiger partial charge in [0, 0.05) is 24.5 Å². The van der Waals surface area contributed by atoms with Gasteiger partial charge in [0.1, 0.15) is 11.3 Å². The smallest absolute Gasteiger partial charge is 0.247 e. The van der Waals surface area contributed by atoms with Gasteiger partial charge in [-0.1, -0.05) is 18.2 Å². The summed E-state index contributed by atoms with van der Waals surface area (Å²) in [6, 6.07) is 14.3. The van der Waals surface area contributed by atoms with E-state index >= 15 is 0 Å². The van der Waals surface area contributed by atoms with Crippen LogP contribution in [0.25, 0.3) is 33.8 Å². The van der Waals surface area contributed by atoms with Gasteiger partial charge in [0.05, 0.1) is 5.56 Å². The molecule has 1 saturated heterocycles. The molecule has 4 heterocycles. The molecule has 6 heteroatoms. The first kappa shape index (κ1) is 16.9. The second-order valence-corrected chi connectivity index (χ2v) is 7.19. The molecular weight excluding hydrogens is 350 g/mol. The van der Waals surface area contributed by atoms with Crippen molar-refractivity contribution in [3.05, 3.63) is 60.4 Å². The molecule has 0 saturated carbocycles. The zero-order valence-electron chi connectivity index (χ0n) is 15.5. The number of fused-ring (bicyclic) bond motifs is 1. The lowest BCUT2D eigenvalue weighted by atomic mass is 10.0. The van der Waals surface area contributed by atoms with Crippen molar-refractivity contribution < 1.29 is 4.42 Å². The molecule has 2 N–H and O–H groups in total. The second kappa shape index (κ2) is 7.05. The molecule has 0 bridgehead atoms. The van der Waals surface area contributed by atoms with Crippen LogP contribution in [0.2, 0.25) is 0 Å². The first-order valence-electron chi connectivity index (χ1n) is 9.55. The standard InChI is InChI=1S/C22H21N5O/c23-20-18(21-26-19-7-4-8-24-22(19)28-21)12-17(13-25-20)16-6-3-5-15(11-16)14-27-9-1-2-10-27/h3-8,11-13H,1-2,9-10,14H2,(H2,23,25). The number of oxazole rings is 1. The first-order valence-corrected chi connectivity index (χ1v) is 9.55. The van der Waals surface area contributed by atoms with Crippen LogP contribution in [0, 0.1) is 0 Å². The van der Waals surface area contributed by atoms with Crippen LogP contribution in [0.4, 0.5) is 5.82 Å². The lowest BCUT2D eigenvalue weighted by Gasteiger charge is -2.15. The Balaban J connectivity index is 1.50. The largest absolute Gasteiger partial charge is 0.418 e. The van der Waals surface area contributed by atoms with Crippen LogP contribution in [0.1, 0.15) is 18.4 Å². The third kappa shape index (κ3) is 3.23. The van der Waals surface area contributed by atoms with Gasteiger partial charge in [0.15, 0.2) is 0 Å². The van der Waals surface area contributed by atoms with Gasteiger partial charge >= 0.3 is 0 Å². The van der Waals surface area contributed by atoms with Gasteiger partial charge in [-0.05, 0) is 61.3 Å². The lowest BCUT2D eigenvalue weighted by Crippen LogP contribution is -2.18. The second-order valence-electron chi connectivity index (χ2n) is 7.19. The van der Waals surface area contributed by atoms with Crippen molar-refractivity contribution >= 4 is 17.0 Å². The number of anilines is 1. The number of nitrogens with zero attached hydrogens (tertiary/aromatic N) is 4. The van der Waals surface area contributed by atoms with E-state index in [4.69, 9.17) is 10.2 Å². The highest BCUT2D eigenvalue weighted by atomic mass is 16.4. The van der Waals surface area contributed by atoms with Gasteiger partial charge in [0.2, 0.25) is 11.6 Å². The minimum atomic E-state index is 0.392. The monoisotopic (exact) mass is 371 g/mol. The summed E-state index contributed by atoms with van der Waals surface area (Å²) in [6.45, 7) is 3.35. The SMILES string of the molecule is Nc1ncc(-c2cccc(CN3CCCC3)c2)cc1-c1nc2cccnc2o1. The number of nitrogens with two attached hydrogens (primary N) is 1. The van der Waals surface area contributed by atoms with E-state index in [1.807, 2.05) is 18.2 Å². The van der Waals surface area contributed by atoms with E-state index < -0.39 is 0 Å². The Bertz CT molecular complexity index is 1100. The van der Waals surface area contributed by atoms with Crippen LogP contribution in [0.15, 0.2) is 59.3 Å². The predicted molar refractivity (Wildman–Crippen MR) is 109 cm³/mol. The summed E-state index contributed by atoms with van der Waals surface area (Å²) in [5, 5.41) is 0. The molecule has 0 radical (unpaired) electrons. The summed E-state index contributed by atoms with van der Waals surface area (Å²) in [5.74, 6) is 0.831. The van der Waals surface area contributed by atoms with Crippen LogP contribution in [-0.4, -0.2) is 32.9 Å². The molecule has 0 aliphatic carbocycles. The number of rotatable bonds is 4. The fraction of sp³-hybridized carbons (Fsp3) is 0.227. The molecule has 1 aromatic carbocycles. The molecule has 28 heavy (non-hydrogen) atoms. The maximum Gasteiger partial charge on any atom is 0.247 e. The molecule has 0 spiro atoms. The normalized spacial score (nSPS) is 14.7. The van der Waals surface area contributed by atoms with Crippen molar-refractivity contribution in [1.82, 2.24) is 19.9 Å². The maximum atomic E-state index is 6.12. The Morgan fingerprint density at radius 3 is 2.75 bits per heavy atom. The van der Waals surface area contributed by atoms with E-state index in [1.165, 1.54) is 31.5 Å². The summed E-state index contributed by atoms with van der Waals surface area (Å²) >= 11 is 0. The minimum absolute atomic E-state index is 0.392. The molecular formula is C22H21N5O. The third-order valence-corrected chi connectivity index (χ3v) is 5.18. The van der Waals surface area contributed by atoms with Gasteiger partial charge in [-0.2, -0.15) is 0 Å². The highest BCUT2D eigenvalue weighted by Gasteiger charge is 2.15. The summed E-state index contributed by atoms with van der Waals surface area (Å²) < 4.78 is 5.79. The molecule has 0 amide bonds. The van der Waals surface area contributed by atoms with Crippen molar-refractivity contribution in [3.8, 4) is 22.6 Å². The summed E-state index contributed by atoms with van der Waals surface area (Å²) in [4.78, 5) is 15.6. The summed E-state index contributed by atoms with van der Waals surface area (Å²) in [6.07, 6.45) is 6.07. The molecule has 3 aromatic heterocycles. The number of hydrogen-bond acceptors (Lipinski definition) is 6. The van der Waals surface area contributed by atoms with Crippen LogP contribution in [-0.2, 0) is 6.54 Å². The van der Waals surface area contributed by atoms with Crippen LogP contribution in [0.5, 0.6) is 0 Å². The lowest BCUT2D eigenvalue weighted by molar-refractivity contribution is 0.331. The molecule has 0 atom stereocenters. The predicted octanol–water partition coefficient (Wildman–Crippen LogP) is 4.13. The van der Waals surface area contributed by atoms with Crippen molar-refractivity contribution in [2.24, 2.45) is 0 Å². The zero-order valence-corrected chi connectivity index (χ0v) is 15.5. The molecule has 1 aliphatic heterocycles. The van der Waals surface area contributed by atoms with Crippen molar-refractivity contribution in [2.75, 3.05) is 18.8 Å². The molecule has 4 aromatic rings. The van der Waals surface area contributed by atoms with Crippen molar-refractivity contribution in [1.29, 1.82) is 0 Å². The Hall–Kier alpha value is -3.25. The summed E-state index contributed by atoms with van der Waals surface area (Å²) in [7, 11) is 0. The molecule has 1 fully saturated rings. The van der Waals surface area contributed by atoms with Gasteiger partial charge in [-0.3, -0.25) is 4.90 Å². The molecule has 0 unspecified atom stereocenters. The number of aromatic nitrogens is 3. The van der Waals surface area contributed by atoms with Crippen LogP contribution in [0.3, 0.4) is 0 Å². The van der Waals surface area contributed by atoms with Gasteiger partial charge in [-0.15, -0.1) is 0 Å². The van der Waals surface area contributed by atoms with E-state index in [9.17, 15) is 0 Å². The minimum Gasteiger partial charge on any atom is -0.418 e. The van der Waals surface area contributed by atoms with E-state index in [2.05, 4.69) is 44.1 Å². The quantitative estimate of drug-likeness (QED) is 0.581. The van der Waals surface area contributed by atoms with E-state index in [-0.39, 0.29) is 0 Å². The van der Waals surface area contributed by atoms with E-state index in [1.54, 1.807) is 12.4 Å². The average molecular weight is 371 g/mol. The number of pyridine rings is 2. The summed E-state index contributed by atoms with van der Waals surface area (Å²) in [5.41, 5.74) is 11.4. The van der Waals surface area contributed by atoms with Gasteiger partial charge < -0.3 is 10.2 Å². The van der Waals surface area contributed by atoms with Crippen molar-refractivity contribution in [2.45, 2.75) is 19.4 Å². The number of hydrogen-bond donors (Lipinski definition) is 1. The van der Waals surface area contributed by atoms with E-state index in [0.29, 0.717) is 28.5 Å². The van der Waals surface area contributed by atoms with Crippen LogP contribution < -0.4 is 5.73 Å². The Labute approximate surface area is 163 Å². The highest BCUT2D eigenvalue weighted by molar-refractivity contribution is 5.79. The number of benzene rings is 1. The van der Waals surface area contributed by atoms with Gasteiger partial charge in [-0.25, -0.2) is 15.0 Å². The van der Waals surface area contributed by atoms with E-state index in [0.717, 1.165) is 17.7 Å². The Morgan fingerprint density at radius 1 is 1.00 bits per heavy atom. The van der Waals surface area contributed by atoms with Gasteiger partial charge in [0.25, 0.3) is 0 Å². The maximum absolute atomic E-state index is 6.12. The highest BCUT2D eigenvalue weighted by Crippen LogP contribution is 2.31. The fourth-order valence-electron chi connectivity index (χ4n) is 3.74. The average Bonchev–Trinajstić information content (AvgIpc) is 3.38. The number of nitrogen functional groups attached to an aromatic ring is 1. The Kier molecular flexibility index (Phi) is 4.25. The molecule has 140 valence electrons. The van der Waals surface area contributed by atoms with Crippen molar-refractivity contribution in [3.63, 3.8) is 0 Å². The fourth-order valence-corrected chi connectivity index (χ4v) is 3.74. The van der Waals surface area contributed by atoms with Crippen LogP contribution >= 0.6 is 0 Å². The third-order valence-electron chi connectivity index (χ3n) is 5.18. The first-order chi connectivity index (χ1) is 13.8. The molecule has 5 rings (SSSR count). The zero-order chi connectivity index (χ0) is 18.9. The molecule has 6 nitrogen and oxygen atoms in total. The molecule has 1 aliphatic rings. The topological polar surface area (TPSA) is 81.1 Å². The number of likely N-dealkylation sites (tertiary alicyclic amines) is 1. The Morgan fingerprint density at radius 2 is 1.89 bits per heavy atom.